The molecule has 114 valence electrons. The second-order valence-electron chi connectivity index (χ2n) is 6.08. The van der Waals surface area contributed by atoms with E-state index in [0.29, 0.717) is 17.9 Å². The van der Waals surface area contributed by atoms with Crippen LogP contribution in [0.25, 0.3) is 6.08 Å². The van der Waals surface area contributed by atoms with Gasteiger partial charge in [-0.2, -0.15) is 0 Å². The van der Waals surface area contributed by atoms with E-state index in [0.717, 1.165) is 28.0 Å². The Morgan fingerprint density at radius 1 is 1.36 bits per heavy atom. The summed E-state index contributed by atoms with van der Waals surface area (Å²) in [5.41, 5.74) is 3.25. The molecule has 0 radical (unpaired) electrons. The van der Waals surface area contributed by atoms with Gasteiger partial charge in [-0.1, -0.05) is 13.8 Å². The number of carbonyl (C=O) groups is 1. The fourth-order valence-corrected chi connectivity index (χ4v) is 4.48. The van der Waals surface area contributed by atoms with Crippen LogP contribution in [-0.2, 0) is 12.8 Å². The number of allylic oxidation sites excluding steroid dienone is 1. The molecular weight excluding hydrogens is 407 g/mol. The Kier molecular flexibility index (Phi) is 4.41. The first-order valence-electron chi connectivity index (χ1n) is 7.28. The summed E-state index contributed by atoms with van der Waals surface area (Å²) in [6, 6.07) is 5.83. The molecule has 2 nitrogen and oxygen atoms in total. The molecule has 0 fully saturated rings. The number of Topliss-reactive ketones (excluding diaryl/α,β-unsaturated/α-hetero) is 1. The highest BCUT2D eigenvalue weighted by atomic mass is 127. The summed E-state index contributed by atoms with van der Waals surface area (Å²) in [6.07, 6.45) is 3.35. The van der Waals surface area contributed by atoms with Gasteiger partial charge in [0.1, 0.15) is 5.75 Å². The molecule has 1 aliphatic rings. The highest BCUT2D eigenvalue weighted by molar-refractivity contribution is 14.1. The number of rotatable bonds is 3. The number of phenolic OH excluding ortho intramolecular Hbond substituents is 1. The molecule has 22 heavy (non-hydrogen) atoms. The van der Waals surface area contributed by atoms with Crippen molar-refractivity contribution in [3.8, 4) is 5.75 Å². The number of carbonyl (C=O) groups excluding carboxylic acids is 1. The Morgan fingerprint density at radius 3 is 2.77 bits per heavy atom. The van der Waals surface area contributed by atoms with Gasteiger partial charge in [-0.25, -0.2) is 0 Å². The molecule has 3 rings (SSSR count). The van der Waals surface area contributed by atoms with Crippen LogP contribution in [0.3, 0.4) is 0 Å². The standard InChI is InChI=1S/C18H17IO2S/c1-10(2)3-11-4-16-15(17(20)5-11)7-12(18(16)21)6-14-8-13(19)9-22-14/h4-6,8-10,20H,3,7H2,1-2H3/b12-6+. The minimum Gasteiger partial charge on any atom is -0.508 e. The average Bonchev–Trinajstić information content (AvgIpc) is 2.96. The van der Waals surface area contributed by atoms with Gasteiger partial charge in [-0.3, -0.25) is 4.79 Å². The molecule has 0 amide bonds. The lowest BCUT2D eigenvalue weighted by molar-refractivity contribution is 0.104. The van der Waals surface area contributed by atoms with Gasteiger partial charge in [0.05, 0.1) is 0 Å². The summed E-state index contributed by atoms with van der Waals surface area (Å²) in [5, 5.41) is 12.3. The Morgan fingerprint density at radius 2 is 2.14 bits per heavy atom. The highest BCUT2D eigenvalue weighted by Crippen LogP contribution is 2.36. The van der Waals surface area contributed by atoms with E-state index in [-0.39, 0.29) is 11.5 Å². The van der Waals surface area contributed by atoms with Crippen molar-refractivity contribution in [1.82, 2.24) is 0 Å². The van der Waals surface area contributed by atoms with Crippen molar-refractivity contribution in [3.05, 3.63) is 54.3 Å². The zero-order valence-electron chi connectivity index (χ0n) is 12.5. The molecule has 0 unspecified atom stereocenters. The van der Waals surface area contributed by atoms with E-state index in [9.17, 15) is 9.90 Å². The fraction of sp³-hybridized carbons (Fsp3) is 0.278. The molecule has 0 spiro atoms. The van der Waals surface area contributed by atoms with Gasteiger partial charge in [0.15, 0.2) is 5.78 Å². The van der Waals surface area contributed by atoms with E-state index >= 15 is 0 Å². The number of halogens is 1. The molecule has 4 heteroatoms. The third-order valence-electron chi connectivity index (χ3n) is 3.74. The van der Waals surface area contributed by atoms with Crippen molar-refractivity contribution >= 4 is 45.8 Å². The first kappa shape index (κ1) is 15.7. The molecular formula is C18H17IO2S. The third kappa shape index (κ3) is 3.13. The number of aromatic hydroxyl groups is 1. The van der Waals surface area contributed by atoms with Crippen LogP contribution in [0, 0.1) is 9.49 Å². The van der Waals surface area contributed by atoms with Crippen molar-refractivity contribution in [2.75, 3.05) is 0 Å². The van der Waals surface area contributed by atoms with Crippen molar-refractivity contribution < 1.29 is 9.90 Å². The molecule has 0 saturated carbocycles. The lowest BCUT2D eigenvalue weighted by Gasteiger charge is -2.08. The van der Waals surface area contributed by atoms with Gasteiger partial charge < -0.3 is 5.11 Å². The molecule has 1 aromatic carbocycles. The maximum atomic E-state index is 12.6. The molecule has 1 heterocycles. The minimum absolute atomic E-state index is 0.0549. The summed E-state index contributed by atoms with van der Waals surface area (Å²) in [4.78, 5) is 13.7. The molecule has 0 atom stereocenters. The zero-order valence-corrected chi connectivity index (χ0v) is 15.5. The zero-order chi connectivity index (χ0) is 15.9. The SMILES string of the molecule is CC(C)Cc1cc(O)c2c(c1)C(=O)/C(=C/c1cc(I)cs1)C2. The van der Waals surface area contributed by atoms with Gasteiger partial charge in [0.2, 0.25) is 0 Å². The number of fused-ring (bicyclic) bond motifs is 1. The first-order valence-corrected chi connectivity index (χ1v) is 9.24. The highest BCUT2D eigenvalue weighted by Gasteiger charge is 2.28. The van der Waals surface area contributed by atoms with Gasteiger partial charge >= 0.3 is 0 Å². The number of phenols is 1. The van der Waals surface area contributed by atoms with Crippen LogP contribution >= 0.6 is 33.9 Å². The second kappa shape index (κ2) is 6.16. The molecule has 2 aromatic rings. The van der Waals surface area contributed by atoms with Crippen molar-refractivity contribution in [2.45, 2.75) is 26.7 Å². The van der Waals surface area contributed by atoms with Crippen molar-refractivity contribution in [3.63, 3.8) is 0 Å². The Balaban J connectivity index is 1.96. The van der Waals surface area contributed by atoms with Crippen LogP contribution < -0.4 is 0 Å². The topological polar surface area (TPSA) is 37.3 Å². The van der Waals surface area contributed by atoms with Gasteiger partial charge in [-0.15, -0.1) is 11.3 Å². The quantitative estimate of drug-likeness (QED) is 0.551. The smallest absolute Gasteiger partial charge is 0.189 e. The van der Waals surface area contributed by atoms with Crippen LogP contribution in [0.4, 0.5) is 0 Å². The maximum absolute atomic E-state index is 12.6. The van der Waals surface area contributed by atoms with Crippen molar-refractivity contribution in [1.29, 1.82) is 0 Å². The number of ketones is 1. The molecule has 0 aliphatic heterocycles. The van der Waals surface area contributed by atoms with Gasteiger partial charge in [-0.05, 0) is 64.8 Å². The minimum atomic E-state index is 0.0549. The first-order chi connectivity index (χ1) is 10.4. The Labute approximate surface area is 148 Å². The predicted molar refractivity (Wildman–Crippen MR) is 99.7 cm³/mol. The predicted octanol–water partition coefficient (Wildman–Crippen LogP) is 5.08. The number of hydrogen-bond donors (Lipinski definition) is 1. The maximum Gasteiger partial charge on any atom is 0.189 e. The fourth-order valence-electron chi connectivity index (χ4n) is 2.83. The lowest BCUT2D eigenvalue weighted by atomic mass is 9.98. The summed E-state index contributed by atoms with van der Waals surface area (Å²) in [7, 11) is 0. The normalized spacial score (nSPS) is 15.8. The Bertz CT molecular complexity index is 771. The lowest BCUT2D eigenvalue weighted by Crippen LogP contribution is -1.99. The van der Waals surface area contributed by atoms with E-state index in [1.54, 1.807) is 11.3 Å². The van der Waals surface area contributed by atoms with Crippen LogP contribution in [0.1, 0.15) is 40.2 Å². The van der Waals surface area contributed by atoms with Gasteiger partial charge in [0.25, 0.3) is 0 Å². The number of thiophene rings is 1. The van der Waals surface area contributed by atoms with Crippen molar-refractivity contribution in [2.24, 2.45) is 5.92 Å². The average molecular weight is 424 g/mol. The molecule has 0 bridgehead atoms. The molecule has 1 aliphatic carbocycles. The number of benzene rings is 1. The largest absolute Gasteiger partial charge is 0.508 e. The van der Waals surface area contributed by atoms with Crippen LogP contribution in [-0.4, -0.2) is 10.9 Å². The molecule has 1 aromatic heterocycles. The van der Waals surface area contributed by atoms with Crippen LogP contribution in [0.5, 0.6) is 5.75 Å². The molecule has 0 saturated heterocycles. The monoisotopic (exact) mass is 424 g/mol. The van der Waals surface area contributed by atoms with Crippen LogP contribution in [0.15, 0.2) is 29.2 Å². The summed E-state index contributed by atoms with van der Waals surface area (Å²) < 4.78 is 1.18. The van der Waals surface area contributed by atoms with E-state index in [4.69, 9.17) is 0 Å². The van der Waals surface area contributed by atoms with E-state index < -0.39 is 0 Å². The molecule has 1 N–H and O–H groups in total. The van der Waals surface area contributed by atoms with E-state index in [1.165, 1.54) is 3.57 Å². The van der Waals surface area contributed by atoms with E-state index in [2.05, 4.69) is 47.9 Å². The summed E-state index contributed by atoms with van der Waals surface area (Å²) in [5.74, 6) is 0.808. The second-order valence-corrected chi connectivity index (χ2v) is 8.27. The summed E-state index contributed by atoms with van der Waals surface area (Å²) in [6.45, 7) is 4.27. The summed E-state index contributed by atoms with van der Waals surface area (Å²) >= 11 is 3.90. The number of hydrogen-bond acceptors (Lipinski definition) is 3. The van der Waals surface area contributed by atoms with E-state index in [1.807, 2.05) is 18.2 Å². The third-order valence-corrected chi connectivity index (χ3v) is 5.66. The van der Waals surface area contributed by atoms with Gasteiger partial charge in [0, 0.05) is 36.9 Å². The Hall–Kier alpha value is -1.14. The van der Waals surface area contributed by atoms with Crippen LogP contribution in [0.2, 0.25) is 0 Å².